The molecule has 1 aromatic carbocycles. The van der Waals surface area contributed by atoms with Crippen molar-refractivity contribution in [1.29, 1.82) is 0 Å². The van der Waals surface area contributed by atoms with Crippen LogP contribution in [-0.2, 0) is 11.3 Å². The molecule has 0 aliphatic heterocycles. The molecule has 0 fully saturated rings. The van der Waals surface area contributed by atoms with Crippen LogP contribution in [0.3, 0.4) is 0 Å². The third-order valence-corrected chi connectivity index (χ3v) is 3.23. The molecule has 1 atom stereocenters. The summed E-state index contributed by atoms with van der Waals surface area (Å²) in [7, 11) is 0. The fourth-order valence-electron chi connectivity index (χ4n) is 1.83. The van der Waals surface area contributed by atoms with E-state index in [0.717, 1.165) is 18.4 Å². The van der Waals surface area contributed by atoms with Crippen molar-refractivity contribution < 1.29 is 9.18 Å². The number of carbonyl (C=O) groups excluding carboxylic acids is 1. The van der Waals surface area contributed by atoms with Crippen LogP contribution in [0.4, 0.5) is 4.39 Å². The molecule has 0 saturated heterocycles. The van der Waals surface area contributed by atoms with E-state index in [0.29, 0.717) is 6.54 Å². The van der Waals surface area contributed by atoms with Crippen LogP contribution in [-0.4, -0.2) is 18.0 Å². The second-order valence-electron chi connectivity index (χ2n) is 4.75. The zero-order chi connectivity index (χ0) is 14.3. The predicted octanol–water partition coefficient (Wildman–Crippen LogP) is 2.61. The lowest BCUT2D eigenvalue weighted by Crippen LogP contribution is -2.45. The summed E-state index contributed by atoms with van der Waals surface area (Å²) in [6, 6.07) is 6.32. The van der Waals surface area contributed by atoms with Crippen molar-refractivity contribution in [2.24, 2.45) is 0 Å². The van der Waals surface area contributed by atoms with Crippen molar-refractivity contribution in [2.45, 2.75) is 52.2 Å². The van der Waals surface area contributed by atoms with Gasteiger partial charge in [-0.3, -0.25) is 4.79 Å². The molecule has 4 heteroatoms. The summed E-state index contributed by atoms with van der Waals surface area (Å²) in [5.74, 6) is -0.265. The fraction of sp³-hybridized carbons (Fsp3) is 0.533. The Morgan fingerprint density at radius 3 is 2.58 bits per heavy atom. The summed E-state index contributed by atoms with van der Waals surface area (Å²) in [6.45, 7) is 6.41. The number of halogens is 1. The first-order valence-electron chi connectivity index (χ1n) is 6.85. The second-order valence-corrected chi connectivity index (χ2v) is 4.75. The van der Waals surface area contributed by atoms with Gasteiger partial charge in [-0.05, 0) is 37.5 Å². The van der Waals surface area contributed by atoms with E-state index in [1.165, 1.54) is 12.1 Å². The van der Waals surface area contributed by atoms with Gasteiger partial charge in [-0.15, -0.1) is 0 Å². The van der Waals surface area contributed by atoms with Crippen LogP contribution >= 0.6 is 0 Å². The quantitative estimate of drug-likeness (QED) is 0.796. The minimum atomic E-state index is -0.288. The fourth-order valence-corrected chi connectivity index (χ4v) is 1.83. The zero-order valence-electron chi connectivity index (χ0n) is 11.9. The largest absolute Gasteiger partial charge is 0.352 e. The van der Waals surface area contributed by atoms with Gasteiger partial charge < -0.3 is 10.6 Å². The van der Waals surface area contributed by atoms with Gasteiger partial charge in [0.1, 0.15) is 5.82 Å². The van der Waals surface area contributed by atoms with Gasteiger partial charge in [0.05, 0.1) is 6.04 Å². The summed E-state index contributed by atoms with van der Waals surface area (Å²) in [6.07, 6.45) is 1.86. The van der Waals surface area contributed by atoms with Crippen molar-refractivity contribution in [3.63, 3.8) is 0 Å². The SMILES string of the molecule is CCC(CC)NC(=O)C(C)NCc1cccc(F)c1. The molecule has 2 N–H and O–H groups in total. The summed E-state index contributed by atoms with van der Waals surface area (Å²) >= 11 is 0. The van der Waals surface area contributed by atoms with Crippen LogP contribution in [0.5, 0.6) is 0 Å². The molecule has 1 amide bonds. The molecule has 0 aliphatic carbocycles. The van der Waals surface area contributed by atoms with E-state index in [4.69, 9.17) is 0 Å². The monoisotopic (exact) mass is 266 g/mol. The Morgan fingerprint density at radius 2 is 2.00 bits per heavy atom. The first kappa shape index (κ1) is 15.6. The van der Waals surface area contributed by atoms with E-state index >= 15 is 0 Å². The van der Waals surface area contributed by atoms with Gasteiger partial charge in [0.15, 0.2) is 0 Å². The van der Waals surface area contributed by atoms with Gasteiger partial charge in [0, 0.05) is 12.6 Å². The van der Waals surface area contributed by atoms with Gasteiger partial charge in [-0.1, -0.05) is 26.0 Å². The number of carbonyl (C=O) groups is 1. The standard InChI is InChI=1S/C15H23FN2O/c1-4-14(5-2)18-15(19)11(3)17-10-12-7-6-8-13(16)9-12/h6-9,11,14,17H,4-5,10H2,1-3H3,(H,18,19). The molecule has 0 spiro atoms. The molecule has 0 radical (unpaired) electrons. The number of benzene rings is 1. The Balaban J connectivity index is 2.42. The Labute approximate surface area is 114 Å². The molecule has 0 saturated carbocycles. The van der Waals surface area contributed by atoms with Gasteiger partial charge >= 0.3 is 0 Å². The highest BCUT2D eigenvalue weighted by Crippen LogP contribution is 2.03. The molecule has 0 heterocycles. The average molecular weight is 266 g/mol. The molecular formula is C15H23FN2O. The highest BCUT2D eigenvalue weighted by molar-refractivity contribution is 5.81. The Bertz CT molecular complexity index is 405. The first-order valence-corrected chi connectivity index (χ1v) is 6.85. The topological polar surface area (TPSA) is 41.1 Å². The molecule has 1 aromatic rings. The van der Waals surface area contributed by atoms with Gasteiger partial charge in [0.2, 0.25) is 5.91 Å². The smallest absolute Gasteiger partial charge is 0.237 e. The van der Waals surface area contributed by atoms with Gasteiger partial charge in [-0.25, -0.2) is 4.39 Å². The van der Waals surface area contributed by atoms with Crippen LogP contribution in [0.2, 0.25) is 0 Å². The van der Waals surface area contributed by atoms with Crippen molar-refractivity contribution >= 4 is 5.91 Å². The zero-order valence-corrected chi connectivity index (χ0v) is 11.9. The summed E-state index contributed by atoms with van der Waals surface area (Å²) in [4.78, 5) is 11.9. The maximum Gasteiger partial charge on any atom is 0.237 e. The molecule has 0 bridgehead atoms. The van der Waals surface area contributed by atoms with Crippen LogP contribution in [0.15, 0.2) is 24.3 Å². The summed E-state index contributed by atoms with van der Waals surface area (Å²) in [5, 5.41) is 6.09. The van der Waals surface area contributed by atoms with E-state index in [2.05, 4.69) is 24.5 Å². The highest BCUT2D eigenvalue weighted by atomic mass is 19.1. The minimum Gasteiger partial charge on any atom is -0.352 e. The maximum atomic E-state index is 13.0. The molecule has 1 unspecified atom stereocenters. The first-order chi connectivity index (χ1) is 9.06. The van der Waals surface area contributed by atoms with Crippen molar-refractivity contribution in [3.8, 4) is 0 Å². The molecule has 1 rings (SSSR count). The summed E-state index contributed by atoms with van der Waals surface area (Å²) in [5.41, 5.74) is 0.835. The second kappa shape index (κ2) is 7.89. The minimum absolute atomic E-state index is 0.00916. The van der Waals surface area contributed by atoms with E-state index in [-0.39, 0.29) is 23.8 Å². The van der Waals surface area contributed by atoms with E-state index in [1.807, 2.05) is 13.0 Å². The third-order valence-electron chi connectivity index (χ3n) is 3.23. The molecule has 106 valence electrons. The maximum absolute atomic E-state index is 13.0. The number of amides is 1. The third kappa shape index (κ3) is 5.39. The number of hydrogen-bond acceptors (Lipinski definition) is 2. The van der Waals surface area contributed by atoms with Gasteiger partial charge in [0.25, 0.3) is 0 Å². The highest BCUT2D eigenvalue weighted by Gasteiger charge is 2.15. The summed E-state index contributed by atoms with van der Waals surface area (Å²) < 4.78 is 13.0. The van der Waals surface area contributed by atoms with E-state index in [9.17, 15) is 9.18 Å². The van der Waals surface area contributed by atoms with Crippen LogP contribution in [0.1, 0.15) is 39.2 Å². The Hall–Kier alpha value is -1.42. The number of hydrogen-bond donors (Lipinski definition) is 2. The lowest BCUT2D eigenvalue weighted by atomic mass is 10.1. The predicted molar refractivity (Wildman–Crippen MR) is 75.2 cm³/mol. The molecule has 3 nitrogen and oxygen atoms in total. The molecule has 0 aromatic heterocycles. The van der Waals surface area contributed by atoms with Gasteiger partial charge in [-0.2, -0.15) is 0 Å². The average Bonchev–Trinajstić information content (AvgIpc) is 2.41. The normalized spacial score (nSPS) is 12.5. The molecule has 19 heavy (non-hydrogen) atoms. The lowest BCUT2D eigenvalue weighted by molar-refractivity contribution is -0.123. The lowest BCUT2D eigenvalue weighted by Gasteiger charge is -2.19. The van der Waals surface area contributed by atoms with Crippen LogP contribution in [0, 0.1) is 5.82 Å². The van der Waals surface area contributed by atoms with E-state index < -0.39 is 0 Å². The molecule has 0 aliphatic rings. The van der Waals surface area contributed by atoms with Crippen molar-refractivity contribution in [2.75, 3.05) is 0 Å². The van der Waals surface area contributed by atoms with Crippen LogP contribution < -0.4 is 10.6 Å². The van der Waals surface area contributed by atoms with Crippen LogP contribution in [0.25, 0.3) is 0 Å². The van der Waals surface area contributed by atoms with Crippen molar-refractivity contribution in [3.05, 3.63) is 35.6 Å². The molecular weight excluding hydrogens is 243 g/mol. The van der Waals surface area contributed by atoms with E-state index in [1.54, 1.807) is 6.07 Å². The Morgan fingerprint density at radius 1 is 1.32 bits per heavy atom. The number of rotatable bonds is 7. The van der Waals surface area contributed by atoms with Crippen molar-refractivity contribution in [1.82, 2.24) is 10.6 Å². The Kier molecular flexibility index (Phi) is 6.50. The number of nitrogens with one attached hydrogen (secondary N) is 2.